The van der Waals surface area contributed by atoms with Gasteiger partial charge in [0.2, 0.25) is 0 Å². The average molecular weight is 1010 g/mol. The molecule has 0 aliphatic carbocycles. The van der Waals surface area contributed by atoms with Crippen LogP contribution in [-0.4, -0.2) is 83.4 Å². The number of piperazine rings is 1. The molecule has 6 aromatic rings. The Kier molecular flexibility index (Phi) is 15.5. The minimum atomic E-state index is -4.76. The molecule has 1 aliphatic heterocycles. The van der Waals surface area contributed by atoms with E-state index in [9.17, 15) is 33.0 Å². The Morgan fingerprint density at radius 3 is 2.16 bits per heavy atom. The Labute approximate surface area is 402 Å². The molecule has 68 heavy (non-hydrogen) atoms. The lowest BCUT2D eigenvalue weighted by Gasteiger charge is -2.37. The van der Waals surface area contributed by atoms with Gasteiger partial charge in [-0.25, -0.2) is 22.2 Å². The van der Waals surface area contributed by atoms with Crippen molar-refractivity contribution in [2.45, 2.75) is 49.1 Å². The maximum atomic E-state index is 15.6. The number of thioether (sulfide) groups is 1. The number of nitrogens with one attached hydrogen (secondary N) is 2. The van der Waals surface area contributed by atoms with E-state index in [1.807, 2.05) is 71.8 Å². The van der Waals surface area contributed by atoms with Crippen LogP contribution in [0.4, 0.5) is 32.8 Å². The number of phosphoric ester groups is 1. The van der Waals surface area contributed by atoms with Crippen LogP contribution < -0.4 is 19.8 Å². The van der Waals surface area contributed by atoms with Crippen LogP contribution >= 0.6 is 31.2 Å². The SMILES string of the molecule is Cc1c(C(=O)O)c(-c2cc(F)cc(N3CCN(c4ccc(NS(=O)(=O)c5ccc(N[C@H](CCOP(=O)(O)O)CSc6ccccc6)c([N+](=O)[O-])c5)cc4)CC3)c2)c(-c2ccc(Cl)cc2)n1C(C)C. The molecule has 21 heteroatoms. The number of hydrogen-bond acceptors (Lipinski definition) is 11. The molecule has 0 unspecified atom stereocenters. The van der Waals surface area contributed by atoms with Crippen molar-refractivity contribution in [2.75, 3.05) is 58.4 Å². The first-order valence-corrected chi connectivity index (χ1v) is 25.8. The van der Waals surface area contributed by atoms with Gasteiger partial charge in [0.1, 0.15) is 11.5 Å². The van der Waals surface area contributed by atoms with Crippen molar-refractivity contribution in [1.29, 1.82) is 0 Å². The summed E-state index contributed by atoms with van der Waals surface area (Å²) in [6, 6.07) is 30.5. The summed E-state index contributed by atoms with van der Waals surface area (Å²) in [5.41, 5.74) is 3.98. The number of nitro benzene ring substituents is 1. The Bertz CT molecular complexity index is 2950. The summed E-state index contributed by atoms with van der Waals surface area (Å²) in [6.45, 7) is 7.40. The molecule has 0 spiro atoms. The molecule has 1 fully saturated rings. The van der Waals surface area contributed by atoms with E-state index in [0.717, 1.165) is 22.2 Å². The zero-order chi connectivity index (χ0) is 48.9. The Balaban J connectivity index is 1.04. The first-order chi connectivity index (χ1) is 32.3. The van der Waals surface area contributed by atoms with Crippen LogP contribution in [0.15, 0.2) is 125 Å². The van der Waals surface area contributed by atoms with E-state index >= 15 is 4.39 Å². The molecule has 0 radical (unpaired) electrons. The van der Waals surface area contributed by atoms with Crippen LogP contribution in [0.1, 0.15) is 42.4 Å². The van der Waals surface area contributed by atoms with E-state index in [1.165, 1.54) is 36.0 Å². The van der Waals surface area contributed by atoms with Gasteiger partial charge in [0.15, 0.2) is 0 Å². The van der Waals surface area contributed by atoms with Crippen LogP contribution in [0, 0.1) is 22.9 Å². The molecule has 1 aromatic heterocycles. The van der Waals surface area contributed by atoms with Crippen molar-refractivity contribution in [3.8, 4) is 22.4 Å². The van der Waals surface area contributed by atoms with E-state index in [-0.39, 0.29) is 40.9 Å². The lowest BCUT2D eigenvalue weighted by Crippen LogP contribution is -2.46. The third-order valence-corrected chi connectivity index (χ3v) is 14.7. The topological polar surface area (TPSA) is 217 Å². The van der Waals surface area contributed by atoms with Crippen LogP contribution in [0.2, 0.25) is 5.02 Å². The Morgan fingerprint density at radius 1 is 0.912 bits per heavy atom. The molecule has 1 atom stereocenters. The summed E-state index contributed by atoms with van der Waals surface area (Å²) >= 11 is 7.63. The summed E-state index contributed by atoms with van der Waals surface area (Å²) < 4.78 is 63.1. The number of rotatable bonds is 19. The third-order valence-electron chi connectivity index (χ3n) is 11.4. The number of halogens is 2. The predicted molar refractivity (Wildman–Crippen MR) is 264 cm³/mol. The van der Waals surface area contributed by atoms with Gasteiger partial charge in [0.05, 0.1) is 27.7 Å². The molecular weight excluding hydrogens is 958 g/mol. The third kappa shape index (κ3) is 12.0. The van der Waals surface area contributed by atoms with Gasteiger partial charge in [0, 0.05) is 88.3 Å². The van der Waals surface area contributed by atoms with Gasteiger partial charge in [-0.3, -0.25) is 19.4 Å². The standard InChI is InChI=1S/C47H49ClFN6O10PS2/c1-30(2)54-31(3)44(47(56)57)45(46(54)32-9-11-34(48)12-10-32)33-25-35(49)27-39(26-33)53-22-20-52(21-23-53)38-15-13-36(14-16-38)51-68(63,64)41-17-18-42(43(28-41)55(58)59)50-37(19-24-65-66(60,61)62)29-67-40-7-5-4-6-8-40/h4-18,25-28,30,37,50-51H,19-24,29H2,1-3H3,(H,56,57)(H2,60,61,62)/t37-/m1/s1. The molecule has 7 rings (SSSR count). The Hall–Kier alpha value is -5.92. The number of carboxylic acids is 1. The van der Waals surface area contributed by atoms with Gasteiger partial charge in [0.25, 0.3) is 15.7 Å². The first-order valence-electron chi connectivity index (χ1n) is 21.4. The second kappa shape index (κ2) is 21.2. The molecule has 0 amide bonds. The van der Waals surface area contributed by atoms with Gasteiger partial charge in [-0.1, -0.05) is 41.9 Å². The molecule has 358 valence electrons. The number of sulfonamides is 1. The lowest BCUT2D eigenvalue weighted by molar-refractivity contribution is -0.384. The number of carboxylic acid groups (broad SMARTS) is 1. The van der Waals surface area contributed by atoms with Crippen molar-refractivity contribution < 1.29 is 46.5 Å². The minimum absolute atomic E-state index is 0.0121. The van der Waals surface area contributed by atoms with Crippen molar-refractivity contribution in [3.63, 3.8) is 0 Å². The minimum Gasteiger partial charge on any atom is -0.478 e. The van der Waals surface area contributed by atoms with Crippen LogP contribution in [0.3, 0.4) is 0 Å². The summed E-state index contributed by atoms with van der Waals surface area (Å²) in [5, 5.41) is 26.3. The monoisotopic (exact) mass is 1010 g/mol. The van der Waals surface area contributed by atoms with Gasteiger partial charge < -0.3 is 34.6 Å². The number of carbonyl (C=O) groups is 1. The maximum absolute atomic E-state index is 15.6. The normalized spacial score (nSPS) is 13.7. The second-order valence-electron chi connectivity index (χ2n) is 16.3. The smallest absolute Gasteiger partial charge is 0.469 e. The number of aromatic nitrogens is 1. The highest BCUT2D eigenvalue weighted by molar-refractivity contribution is 7.99. The summed E-state index contributed by atoms with van der Waals surface area (Å²) in [5.74, 6) is -1.30. The zero-order valence-corrected chi connectivity index (χ0v) is 40.4. The maximum Gasteiger partial charge on any atom is 0.469 e. The van der Waals surface area contributed by atoms with Gasteiger partial charge in [-0.15, -0.1) is 11.8 Å². The number of nitrogens with zero attached hydrogens (tertiary/aromatic N) is 4. The fourth-order valence-corrected chi connectivity index (χ4v) is 10.8. The molecular formula is C47H49ClFN6O10PS2. The molecule has 16 nitrogen and oxygen atoms in total. The van der Waals surface area contributed by atoms with Gasteiger partial charge >= 0.3 is 13.8 Å². The summed E-state index contributed by atoms with van der Waals surface area (Å²) in [4.78, 5) is 47.4. The molecule has 1 saturated heterocycles. The van der Waals surface area contributed by atoms with Gasteiger partial charge in [-0.2, -0.15) is 0 Å². The molecule has 0 saturated carbocycles. The quantitative estimate of drug-likeness (QED) is 0.0221. The van der Waals surface area contributed by atoms with E-state index < -0.39 is 46.3 Å². The number of phosphoric acid groups is 1. The highest BCUT2D eigenvalue weighted by Crippen LogP contribution is 2.43. The number of aromatic carboxylic acids is 1. The van der Waals surface area contributed by atoms with Crippen molar-refractivity contribution in [1.82, 2.24) is 4.57 Å². The molecule has 2 heterocycles. The molecule has 1 aliphatic rings. The zero-order valence-electron chi connectivity index (χ0n) is 37.1. The highest BCUT2D eigenvalue weighted by atomic mass is 35.5. The van der Waals surface area contributed by atoms with Crippen LogP contribution in [0.5, 0.6) is 0 Å². The fourth-order valence-electron chi connectivity index (χ4n) is 8.26. The average Bonchev–Trinajstić information content (AvgIpc) is 3.61. The van der Waals surface area contributed by atoms with Crippen LogP contribution in [0.25, 0.3) is 22.4 Å². The van der Waals surface area contributed by atoms with E-state index in [4.69, 9.17) is 21.4 Å². The van der Waals surface area contributed by atoms with Crippen molar-refractivity contribution in [2.24, 2.45) is 0 Å². The molecule has 5 aromatic carbocycles. The number of nitro groups is 1. The van der Waals surface area contributed by atoms with E-state index in [2.05, 4.69) is 19.5 Å². The number of hydrogen-bond donors (Lipinski definition) is 5. The molecule has 5 N–H and O–H groups in total. The van der Waals surface area contributed by atoms with E-state index in [1.54, 1.807) is 43.3 Å². The van der Waals surface area contributed by atoms with Crippen molar-refractivity contribution in [3.05, 3.63) is 147 Å². The summed E-state index contributed by atoms with van der Waals surface area (Å²) in [6.07, 6.45) is 0.0708. The highest BCUT2D eigenvalue weighted by Gasteiger charge is 2.30. The molecule has 0 bridgehead atoms. The number of benzene rings is 5. The fraction of sp³-hybridized carbons (Fsp3) is 0.255. The number of anilines is 4. The van der Waals surface area contributed by atoms with Gasteiger partial charge in [-0.05, 0) is 117 Å². The van der Waals surface area contributed by atoms with E-state index in [0.29, 0.717) is 65.2 Å². The first kappa shape index (κ1) is 50.0. The van der Waals surface area contributed by atoms with Crippen molar-refractivity contribution >= 4 is 75.6 Å². The lowest BCUT2D eigenvalue weighted by atomic mass is 9.96. The Morgan fingerprint density at radius 2 is 1.56 bits per heavy atom. The second-order valence-corrected chi connectivity index (χ2v) is 20.7. The van der Waals surface area contributed by atoms with Crippen LogP contribution in [-0.2, 0) is 19.1 Å². The predicted octanol–water partition coefficient (Wildman–Crippen LogP) is 10.3. The largest absolute Gasteiger partial charge is 0.478 e. The summed E-state index contributed by atoms with van der Waals surface area (Å²) in [7, 11) is -9.07.